The fourth-order valence-electron chi connectivity index (χ4n) is 2.80. The number of thiazole rings is 1. The molecule has 2 rings (SSSR count). The molecule has 0 radical (unpaired) electrons. The Morgan fingerprint density at radius 2 is 2.11 bits per heavy atom. The quantitative estimate of drug-likeness (QED) is 0.805. The van der Waals surface area contributed by atoms with Gasteiger partial charge in [0, 0.05) is 18.5 Å². The first-order chi connectivity index (χ1) is 8.72. The van der Waals surface area contributed by atoms with Gasteiger partial charge in [0.1, 0.15) is 5.01 Å². The van der Waals surface area contributed by atoms with Gasteiger partial charge in [0.25, 0.3) is 0 Å². The lowest BCUT2D eigenvalue weighted by Gasteiger charge is -2.28. The number of hydrogen-bond acceptors (Lipinski definition) is 4. The van der Waals surface area contributed by atoms with E-state index >= 15 is 0 Å². The Kier molecular flexibility index (Phi) is 4.76. The fourth-order valence-corrected chi connectivity index (χ4v) is 4.02. The molecule has 0 bridgehead atoms. The van der Waals surface area contributed by atoms with Crippen LogP contribution in [-0.4, -0.2) is 25.2 Å². The summed E-state index contributed by atoms with van der Waals surface area (Å²) in [5.41, 5.74) is 1.40. The van der Waals surface area contributed by atoms with Crippen LogP contribution in [0.4, 0.5) is 0 Å². The first kappa shape index (κ1) is 14.0. The predicted octanol–water partition coefficient (Wildman–Crippen LogP) is 3.02. The molecule has 1 N–H and O–H groups in total. The van der Waals surface area contributed by atoms with Gasteiger partial charge in [-0.1, -0.05) is 19.8 Å². The highest BCUT2D eigenvalue weighted by Crippen LogP contribution is 2.41. The largest absolute Gasteiger partial charge is 0.383 e. The Hall–Kier alpha value is -0.450. The van der Waals surface area contributed by atoms with Gasteiger partial charge in [0.15, 0.2) is 0 Å². The summed E-state index contributed by atoms with van der Waals surface area (Å²) in [6, 6.07) is 0. The van der Waals surface area contributed by atoms with E-state index in [-0.39, 0.29) is 5.54 Å². The minimum Gasteiger partial charge on any atom is -0.383 e. The third-order valence-electron chi connectivity index (χ3n) is 3.86. The first-order valence-electron chi connectivity index (χ1n) is 6.92. The average molecular weight is 268 g/mol. The second-order valence-corrected chi connectivity index (χ2v) is 6.29. The lowest BCUT2D eigenvalue weighted by atomic mass is 9.98. The van der Waals surface area contributed by atoms with Crippen molar-refractivity contribution >= 4 is 11.3 Å². The van der Waals surface area contributed by atoms with E-state index in [2.05, 4.69) is 19.2 Å². The van der Waals surface area contributed by atoms with Crippen LogP contribution in [0.15, 0.2) is 0 Å². The van der Waals surface area contributed by atoms with Crippen LogP contribution in [0.25, 0.3) is 0 Å². The Balaban J connectivity index is 2.17. The number of methoxy groups -OCH3 is 1. The zero-order chi connectivity index (χ0) is 13.0. The molecule has 0 saturated heterocycles. The van der Waals surface area contributed by atoms with E-state index in [1.54, 1.807) is 7.11 Å². The average Bonchev–Trinajstić information content (AvgIpc) is 2.97. The number of aryl methyl sites for hydroxylation is 2. The summed E-state index contributed by atoms with van der Waals surface area (Å²) >= 11 is 1.88. The van der Waals surface area contributed by atoms with E-state index in [1.165, 1.54) is 41.3 Å². The molecule has 18 heavy (non-hydrogen) atoms. The smallest absolute Gasteiger partial charge is 0.113 e. The van der Waals surface area contributed by atoms with Crippen molar-refractivity contribution in [1.82, 2.24) is 10.3 Å². The number of nitrogens with zero attached hydrogens (tertiary/aromatic N) is 1. The minimum atomic E-state index is 0.126. The van der Waals surface area contributed by atoms with Gasteiger partial charge in [-0.2, -0.15) is 0 Å². The Bertz CT molecular complexity index is 383. The van der Waals surface area contributed by atoms with Crippen LogP contribution in [0.1, 0.15) is 48.2 Å². The van der Waals surface area contributed by atoms with E-state index < -0.39 is 0 Å². The van der Waals surface area contributed by atoms with Crippen LogP contribution in [-0.2, 0) is 16.7 Å². The van der Waals surface area contributed by atoms with Crippen LogP contribution in [0.3, 0.4) is 0 Å². The molecule has 0 aromatic carbocycles. The van der Waals surface area contributed by atoms with Crippen molar-refractivity contribution in [3.05, 3.63) is 15.6 Å². The SMILES string of the molecule is CCc1nc(C2(NCCOC)CCCC2)sc1C. The van der Waals surface area contributed by atoms with Crippen molar-refractivity contribution in [1.29, 1.82) is 0 Å². The van der Waals surface area contributed by atoms with Crippen LogP contribution >= 0.6 is 11.3 Å². The maximum absolute atomic E-state index is 5.15. The Morgan fingerprint density at radius 3 is 2.67 bits per heavy atom. The van der Waals surface area contributed by atoms with Crippen molar-refractivity contribution in [3.8, 4) is 0 Å². The number of ether oxygens (including phenoxy) is 1. The van der Waals surface area contributed by atoms with E-state index in [9.17, 15) is 0 Å². The highest BCUT2D eigenvalue weighted by molar-refractivity contribution is 7.11. The van der Waals surface area contributed by atoms with Crippen molar-refractivity contribution in [3.63, 3.8) is 0 Å². The normalized spacial score (nSPS) is 18.4. The van der Waals surface area contributed by atoms with Crippen LogP contribution in [0.2, 0.25) is 0 Å². The molecule has 1 aromatic heterocycles. The monoisotopic (exact) mass is 268 g/mol. The lowest BCUT2D eigenvalue weighted by Crippen LogP contribution is -2.41. The third-order valence-corrected chi connectivity index (χ3v) is 5.08. The number of aromatic nitrogens is 1. The van der Waals surface area contributed by atoms with E-state index in [4.69, 9.17) is 9.72 Å². The molecule has 0 unspecified atom stereocenters. The summed E-state index contributed by atoms with van der Waals surface area (Å²) in [4.78, 5) is 6.26. The lowest BCUT2D eigenvalue weighted by molar-refractivity contribution is 0.183. The van der Waals surface area contributed by atoms with E-state index in [1.807, 2.05) is 11.3 Å². The number of hydrogen-bond donors (Lipinski definition) is 1. The van der Waals surface area contributed by atoms with Crippen LogP contribution < -0.4 is 5.32 Å². The molecule has 1 saturated carbocycles. The maximum Gasteiger partial charge on any atom is 0.113 e. The third kappa shape index (κ3) is 2.76. The van der Waals surface area contributed by atoms with Gasteiger partial charge in [-0.05, 0) is 26.2 Å². The first-order valence-corrected chi connectivity index (χ1v) is 7.74. The summed E-state index contributed by atoms with van der Waals surface area (Å²) in [5, 5.41) is 5.00. The molecular weight excluding hydrogens is 244 g/mol. The Morgan fingerprint density at radius 1 is 1.39 bits per heavy atom. The standard InChI is InChI=1S/C14H24N2OS/c1-4-12-11(2)18-13(16-12)14(7-5-6-8-14)15-9-10-17-3/h15H,4-10H2,1-3H3. The number of rotatable bonds is 6. The minimum absolute atomic E-state index is 0.126. The highest BCUT2D eigenvalue weighted by Gasteiger charge is 2.38. The molecule has 102 valence electrons. The van der Waals surface area contributed by atoms with E-state index in [0.717, 1.165) is 19.6 Å². The molecule has 3 nitrogen and oxygen atoms in total. The van der Waals surface area contributed by atoms with Crippen molar-refractivity contribution in [2.75, 3.05) is 20.3 Å². The van der Waals surface area contributed by atoms with Gasteiger partial charge in [-0.25, -0.2) is 4.98 Å². The second-order valence-electron chi connectivity index (χ2n) is 5.08. The topological polar surface area (TPSA) is 34.2 Å². The van der Waals surface area contributed by atoms with Gasteiger partial charge in [-0.3, -0.25) is 0 Å². The van der Waals surface area contributed by atoms with Crippen LogP contribution in [0, 0.1) is 6.92 Å². The van der Waals surface area contributed by atoms with Gasteiger partial charge in [-0.15, -0.1) is 11.3 Å². The van der Waals surface area contributed by atoms with Crippen molar-refractivity contribution < 1.29 is 4.74 Å². The van der Waals surface area contributed by atoms with Crippen molar-refractivity contribution in [2.45, 2.75) is 51.5 Å². The second kappa shape index (κ2) is 6.13. The molecule has 1 fully saturated rings. The van der Waals surface area contributed by atoms with Gasteiger partial charge >= 0.3 is 0 Å². The molecule has 1 aliphatic rings. The zero-order valence-corrected chi connectivity index (χ0v) is 12.5. The summed E-state index contributed by atoms with van der Waals surface area (Å²) in [6.45, 7) is 6.06. The Labute approximate surface area is 114 Å². The van der Waals surface area contributed by atoms with Crippen molar-refractivity contribution in [2.24, 2.45) is 0 Å². The zero-order valence-electron chi connectivity index (χ0n) is 11.7. The van der Waals surface area contributed by atoms with Gasteiger partial charge in [0.05, 0.1) is 17.8 Å². The molecule has 1 heterocycles. The molecular formula is C14H24N2OS. The molecule has 0 atom stereocenters. The fraction of sp³-hybridized carbons (Fsp3) is 0.786. The molecule has 0 aliphatic heterocycles. The summed E-state index contributed by atoms with van der Waals surface area (Å²) < 4.78 is 5.15. The highest BCUT2D eigenvalue weighted by atomic mass is 32.1. The molecule has 4 heteroatoms. The summed E-state index contributed by atoms with van der Waals surface area (Å²) in [6.07, 6.45) is 6.08. The molecule has 1 aromatic rings. The van der Waals surface area contributed by atoms with Crippen LogP contribution in [0.5, 0.6) is 0 Å². The summed E-state index contributed by atoms with van der Waals surface area (Å²) in [7, 11) is 1.76. The summed E-state index contributed by atoms with van der Waals surface area (Å²) in [5.74, 6) is 0. The molecule has 1 aliphatic carbocycles. The maximum atomic E-state index is 5.15. The van der Waals surface area contributed by atoms with Gasteiger partial charge < -0.3 is 10.1 Å². The number of nitrogens with one attached hydrogen (secondary N) is 1. The predicted molar refractivity (Wildman–Crippen MR) is 76.3 cm³/mol. The molecule has 0 amide bonds. The molecule has 0 spiro atoms. The van der Waals surface area contributed by atoms with Gasteiger partial charge in [0.2, 0.25) is 0 Å². The van der Waals surface area contributed by atoms with E-state index in [0.29, 0.717) is 0 Å².